The zero-order valence-corrected chi connectivity index (χ0v) is 7.64. The number of rotatable bonds is 1. The van der Waals surface area contributed by atoms with E-state index in [2.05, 4.69) is 9.36 Å². The maximum Gasteiger partial charge on any atom is 0.129 e. The van der Waals surface area contributed by atoms with Gasteiger partial charge in [0.2, 0.25) is 0 Å². The largest absolute Gasteiger partial charge is 0.245 e. The van der Waals surface area contributed by atoms with Crippen LogP contribution < -0.4 is 0 Å². The molecule has 0 radical (unpaired) electrons. The first-order valence-corrected chi connectivity index (χ1v) is 4.59. The maximum atomic E-state index is 5.73. The zero-order valence-electron chi connectivity index (χ0n) is 6.07. The molecule has 0 aliphatic rings. The van der Waals surface area contributed by atoms with Crippen molar-refractivity contribution in [2.75, 3.05) is 0 Å². The van der Waals surface area contributed by atoms with Gasteiger partial charge in [-0.3, -0.25) is 0 Å². The van der Waals surface area contributed by atoms with Crippen LogP contribution >= 0.6 is 23.1 Å². The third-order valence-electron chi connectivity index (χ3n) is 1.49. The van der Waals surface area contributed by atoms with Crippen molar-refractivity contribution < 1.29 is 0 Å². The van der Waals surface area contributed by atoms with Crippen molar-refractivity contribution in [3.8, 4) is 11.1 Å². The highest BCUT2D eigenvalue weighted by molar-refractivity contribution is 7.03. The molecule has 2 aromatic heterocycles. The van der Waals surface area contributed by atoms with Gasteiger partial charge in [0.25, 0.3) is 0 Å². The highest BCUT2D eigenvalue weighted by atomic mass is 35.5. The van der Waals surface area contributed by atoms with Crippen molar-refractivity contribution in [1.29, 1.82) is 0 Å². The minimum Gasteiger partial charge on any atom is -0.245 e. The molecular weight excluding hydrogens is 192 g/mol. The molecule has 0 aliphatic carbocycles. The summed E-state index contributed by atoms with van der Waals surface area (Å²) < 4.78 is 4.01. The Labute approximate surface area is 79.0 Å². The monoisotopic (exact) mass is 196 g/mol. The molecule has 0 unspecified atom stereocenters. The molecular formula is C8H5ClN2S. The average molecular weight is 197 g/mol. The summed E-state index contributed by atoms with van der Waals surface area (Å²) in [6.45, 7) is 0. The second kappa shape index (κ2) is 3.21. The lowest BCUT2D eigenvalue weighted by Crippen LogP contribution is -1.76. The molecule has 0 N–H and O–H groups in total. The van der Waals surface area contributed by atoms with Gasteiger partial charge in [0.15, 0.2) is 0 Å². The molecule has 0 atom stereocenters. The van der Waals surface area contributed by atoms with Gasteiger partial charge in [0.1, 0.15) is 5.15 Å². The Hall–Kier alpha value is -0.930. The van der Waals surface area contributed by atoms with E-state index in [0.29, 0.717) is 5.15 Å². The standard InChI is InChI=1S/C8H5ClN2S/c9-8-3-6(1-2-10-8)7-4-11-12-5-7/h1-5H. The second-order valence-electron chi connectivity index (χ2n) is 2.28. The fourth-order valence-electron chi connectivity index (χ4n) is 0.929. The third kappa shape index (κ3) is 1.47. The molecule has 4 heteroatoms. The van der Waals surface area contributed by atoms with Gasteiger partial charge in [-0.05, 0) is 29.2 Å². The Morgan fingerprint density at radius 2 is 2.25 bits per heavy atom. The van der Waals surface area contributed by atoms with Crippen LogP contribution in [0.3, 0.4) is 0 Å². The number of pyridine rings is 1. The Bertz CT molecular complexity index is 372. The molecule has 60 valence electrons. The average Bonchev–Trinajstić information content (AvgIpc) is 2.56. The molecule has 2 rings (SSSR count). The first-order valence-electron chi connectivity index (χ1n) is 3.37. The van der Waals surface area contributed by atoms with Gasteiger partial charge in [-0.1, -0.05) is 11.6 Å². The molecule has 2 nitrogen and oxygen atoms in total. The quantitative estimate of drug-likeness (QED) is 0.656. The SMILES string of the molecule is Clc1cc(-c2cnsc2)ccn1. The molecule has 0 amide bonds. The summed E-state index contributed by atoms with van der Waals surface area (Å²) >= 11 is 7.16. The molecule has 0 saturated heterocycles. The normalized spacial score (nSPS) is 10.1. The van der Waals surface area contributed by atoms with Crippen LogP contribution in [0, 0.1) is 0 Å². The minimum absolute atomic E-state index is 0.513. The fraction of sp³-hybridized carbons (Fsp3) is 0. The van der Waals surface area contributed by atoms with Gasteiger partial charge in [-0.15, -0.1) is 0 Å². The Balaban J connectivity index is 2.48. The number of hydrogen-bond acceptors (Lipinski definition) is 3. The van der Waals surface area contributed by atoms with Crippen molar-refractivity contribution in [3.05, 3.63) is 35.1 Å². The van der Waals surface area contributed by atoms with Crippen LogP contribution in [0.5, 0.6) is 0 Å². The summed E-state index contributed by atoms with van der Waals surface area (Å²) in [4.78, 5) is 3.90. The van der Waals surface area contributed by atoms with E-state index in [4.69, 9.17) is 11.6 Å². The summed E-state index contributed by atoms with van der Waals surface area (Å²) in [5.74, 6) is 0. The van der Waals surface area contributed by atoms with E-state index in [1.807, 2.05) is 23.7 Å². The van der Waals surface area contributed by atoms with Crippen molar-refractivity contribution >= 4 is 23.1 Å². The van der Waals surface area contributed by atoms with E-state index in [1.54, 1.807) is 6.20 Å². The zero-order chi connectivity index (χ0) is 8.39. The van der Waals surface area contributed by atoms with E-state index < -0.39 is 0 Å². The second-order valence-corrected chi connectivity index (χ2v) is 3.32. The lowest BCUT2D eigenvalue weighted by Gasteiger charge is -1.95. The van der Waals surface area contributed by atoms with Crippen molar-refractivity contribution in [2.24, 2.45) is 0 Å². The number of halogens is 1. The maximum absolute atomic E-state index is 5.73. The van der Waals surface area contributed by atoms with Gasteiger partial charge < -0.3 is 0 Å². The topological polar surface area (TPSA) is 25.8 Å². The molecule has 12 heavy (non-hydrogen) atoms. The number of nitrogens with zero attached hydrogens (tertiary/aromatic N) is 2. The predicted molar refractivity (Wildman–Crippen MR) is 50.4 cm³/mol. The summed E-state index contributed by atoms with van der Waals surface area (Å²) in [5, 5.41) is 2.49. The van der Waals surface area contributed by atoms with Crippen LogP contribution in [0.4, 0.5) is 0 Å². The van der Waals surface area contributed by atoms with Gasteiger partial charge in [-0.25, -0.2) is 9.36 Å². The molecule has 0 saturated carbocycles. The lowest BCUT2D eigenvalue weighted by molar-refractivity contribution is 1.33. The van der Waals surface area contributed by atoms with E-state index in [9.17, 15) is 0 Å². The van der Waals surface area contributed by atoms with Crippen LogP contribution in [0.2, 0.25) is 5.15 Å². The number of hydrogen-bond donors (Lipinski definition) is 0. The molecule has 0 aromatic carbocycles. The van der Waals surface area contributed by atoms with E-state index in [1.165, 1.54) is 11.5 Å². The highest BCUT2D eigenvalue weighted by Gasteiger charge is 1.98. The van der Waals surface area contributed by atoms with Gasteiger partial charge in [0.05, 0.1) is 0 Å². The van der Waals surface area contributed by atoms with Crippen molar-refractivity contribution in [2.45, 2.75) is 0 Å². The smallest absolute Gasteiger partial charge is 0.129 e. The molecule has 0 fully saturated rings. The molecule has 2 heterocycles. The molecule has 0 spiro atoms. The fourth-order valence-corrected chi connectivity index (χ4v) is 1.65. The summed E-state index contributed by atoms with van der Waals surface area (Å²) in [6.07, 6.45) is 3.51. The Morgan fingerprint density at radius 3 is 2.92 bits per heavy atom. The van der Waals surface area contributed by atoms with Crippen molar-refractivity contribution in [1.82, 2.24) is 9.36 Å². The third-order valence-corrected chi connectivity index (χ3v) is 2.29. The van der Waals surface area contributed by atoms with E-state index >= 15 is 0 Å². The lowest BCUT2D eigenvalue weighted by atomic mass is 10.2. The molecule has 0 bridgehead atoms. The van der Waals surface area contributed by atoms with Gasteiger partial charge in [0, 0.05) is 23.3 Å². The Morgan fingerprint density at radius 1 is 1.33 bits per heavy atom. The van der Waals surface area contributed by atoms with Crippen LogP contribution in [-0.2, 0) is 0 Å². The summed E-state index contributed by atoms with van der Waals surface area (Å²) in [6, 6.07) is 3.74. The van der Waals surface area contributed by atoms with Crippen LogP contribution in [0.25, 0.3) is 11.1 Å². The first kappa shape index (κ1) is 7.71. The van der Waals surface area contributed by atoms with E-state index in [0.717, 1.165) is 11.1 Å². The first-order chi connectivity index (χ1) is 5.86. The van der Waals surface area contributed by atoms with Gasteiger partial charge >= 0.3 is 0 Å². The van der Waals surface area contributed by atoms with Crippen LogP contribution in [-0.4, -0.2) is 9.36 Å². The van der Waals surface area contributed by atoms with Crippen molar-refractivity contribution in [3.63, 3.8) is 0 Å². The molecule has 2 aromatic rings. The molecule has 0 aliphatic heterocycles. The highest BCUT2D eigenvalue weighted by Crippen LogP contribution is 2.21. The summed E-state index contributed by atoms with van der Waals surface area (Å²) in [7, 11) is 0. The Kier molecular flexibility index (Phi) is 2.06. The van der Waals surface area contributed by atoms with Crippen LogP contribution in [0.1, 0.15) is 0 Å². The van der Waals surface area contributed by atoms with E-state index in [-0.39, 0.29) is 0 Å². The van der Waals surface area contributed by atoms with Gasteiger partial charge in [-0.2, -0.15) is 0 Å². The number of aromatic nitrogens is 2. The predicted octanol–water partition coefficient (Wildman–Crippen LogP) is 2.86. The minimum atomic E-state index is 0.513. The summed E-state index contributed by atoms with van der Waals surface area (Å²) in [5.41, 5.74) is 2.15. The van der Waals surface area contributed by atoms with Crippen LogP contribution in [0.15, 0.2) is 29.9 Å².